The van der Waals surface area contributed by atoms with Crippen LogP contribution in [0.2, 0.25) is 5.02 Å². The number of H-pyrrole nitrogens is 1. The van der Waals surface area contributed by atoms with Gasteiger partial charge >= 0.3 is 0 Å². The van der Waals surface area contributed by atoms with Crippen molar-refractivity contribution in [3.05, 3.63) is 67.7 Å². The average Bonchev–Trinajstić information content (AvgIpc) is 2.24. The third kappa shape index (κ3) is 2.41. The smallest absolute Gasteiger partial charge is 0.265 e. The van der Waals surface area contributed by atoms with E-state index in [1.165, 1.54) is 16.8 Å². The Labute approximate surface area is 96.1 Å². The van der Waals surface area contributed by atoms with Crippen LogP contribution in [0.4, 0.5) is 0 Å². The van der Waals surface area contributed by atoms with Crippen molar-refractivity contribution in [2.75, 3.05) is 0 Å². The summed E-state index contributed by atoms with van der Waals surface area (Å²) in [7, 11) is 0. The summed E-state index contributed by atoms with van der Waals surface area (Å²) >= 11 is 5.82. The standard InChI is InChI=1S/C11H9ClN2O2/c12-9-3-1-2-8(6-9)7-14-11(16)5-4-10(15)13-14/h1-6H,7H2,(H,13,15). The van der Waals surface area contributed by atoms with Crippen molar-refractivity contribution in [1.29, 1.82) is 0 Å². The summed E-state index contributed by atoms with van der Waals surface area (Å²) in [6.45, 7) is 0.301. The molecule has 0 aliphatic rings. The lowest BCUT2D eigenvalue weighted by Gasteiger charge is -2.04. The summed E-state index contributed by atoms with van der Waals surface area (Å²) in [6, 6.07) is 9.58. The number of hydrogen-bond acceptors (Lipinski definition) is 2. The van der Waals surface area contributed by atoms with Gasteiger partial charge in [0.1, 0.15) is 0 Å². The van der Waals surface area contributed by atoms with Crippen molar-refractivity contribution in [3.8, 4) is 0 Å². The molecular formula is C11H9ClN2O2. The number of nitrogens with zero attached hydrogens (tertiary/aromatic N) is 1. The molecule has 2 rings (SSSR count). The fourth-order valence-corrected chi connectivity index (χ4v) is 1.61. The maximum Gasteiger partial charge on any atom is 0.265 e. The second-order valence-corrected chi connectivity index (χ2v) is 3.80. The summed E-state index contributed by atoms with van der Waals surface area (Å²) in [5.41, 5.74) is 0.303. The highest BCUT2D eigenvalue weighted by molar-refractivity contribution is 6.30. The van der Waals surface area contributed by atoms with Crippen LogP contribution >= 0.6 is 11.6 Å². The van der Waals surface area contributed by atoms with E-state index in [0.717, 1.165) is 5.56 Å². The zero-order valence-electron chi connectivity index (χ0n) is 8.31. The maximum absolute atomic E-state index is 11.4. The van der Waals surface area contributed by atoms with Crippen LogP contribution in [0.1, 0.15) is 5.56 Å². The summed E-state index contributed by atoms with van der Waals surface area (Å²) in [4.78, 5) is 22.5. The SMILES string of the molecule is O=c1ccc(=O)n(Cc2cccc(Cl)c2)[nH]1. The molecule has 0 aliphatic heterocycles. The van der Waals surface area contributed by atoms with Gasteiger partial charge in [-0.15, -0.1) is 0 Å². The van der Waals surface area contributed by atoms with Crippen molar-refractivity contribution in [2.24, 2.45) is 0 Å². The molecule has 0 fully saturated rings. The third-order valence-electron chi connectivity index (χ3n) is 2.12. The number of rotatable bonds is 2. The van der Waals surface area contributed by atoms with Gasteiger partial charge in [-0.05, 0) is 17.7 Å². The first kappa shape index (κ1) is 10.7. The Morgan fingerprint density at radius 1 is 1.19 bits per heavy atom. The predicted octanol–water partition coefficient (Wildman–Crippen LogP) is 1.24. The first-order chi connectivity index (χ1) is 7.65. The third-order valence-corrected chi connectivity index (χ3v) is 2.35. The lowest BCUT2D eigenvalue weighted by atomic mass is 10.2. The Bertz CT molecular complexity index is 616. The number of aromatic nitrogens is 2. The monoisotopic (exact) mass is 236 g/mol. The minimum atomic E-state index is -0.304. The molecule has 4 nitrogen and oxygen atoms in total. The quantitative estimate of drug-likeness (QED) is 0.853. The Morgan fingerprint density at radius 2 is 2.00 bits per heavy atom. The number of aromatic amines is 1. The van der Waals surface area contributed by atoms with E-state index in [2.05, 4.69) is 5.10 Å². The molecule has 1 N–H and O–H groups in total. The van der Waals surface area contributed by atoms with Crippen LogP contribution in [0.25, 0.3) is 0 Å². The molecule has 0 saturated heterocycles. The molecule has 16 heavy (non-hydrogen) atoms. The Hall–Kier alpha value is -1.81. The van der Waals surface area contributed by atoms with Gasteiger partial charge in [-0.25, -0.2) is 4.68 Å². The predicted molar refractivity (Wildman–Crippen MR) is 61.9 cm³/mol. The van der Waals surface area contributed by atoms with Gasteiger partial charge in [-0.1, -0.05) is 23.7 Å². The second kappa shape index (κ2) is 4.37. The van der Waals surface area contributed by atoms with Crippen LogP contribution in [-0.4, -0.2) is 9.78 Å². The Balaban J connectivity index is 2.37. The van der Waals surface area contributed by atoms with Gasteiger partial charge in [-0.2, -0.15) is 0 Å². The van der Waals surface area contributed by atoms with Gasteiger partial charge in [0, 0.05) is 17.2 Å². The normalized spacial score (nSPS) is 10.3. The Morgan fingerprint density at radius 3 is 2.75 bits per heavy atom. The molecule has 0 aliphatic carbocycles. The molecule has 0 spiro atoms. The minimum absolute atomic E-state index is 0.250. The number of hydrogen-bond donors (Lipinski definition) is 1. The lowest BCUT2D eigenvalue weighted by molar-refractivity contribution is 0.627. The first-order valence-corrected chi connectivity index (χ1v) is 5.07. The molecule has 0 saturated carbocycles. The number of benzene rings is 1. The molecule has 82 valence electrons. The molecule has 0 unspecified atom stereocenters. The minimum Gasteiger partial charge on any atom is -0.268 e. The fourth-order valence-electron chi connectivity index (χ4n) is 1.40. The van der Waals surface area contributed by atoms with Crippen molar-refractivity contribution < 1.29 is 0 Å². The molecule has 1 aromatic heterocycles. The number of nitrogens with one attached hydrogen (secondary N) is 1. The van der Waals surface area contributed by atoms with Gasteiger partial charge in [-0.3, -0.25) is 14.7 Å². The zero-order chi connectivity index (χ0) is 11.5. The van der Waals surface area contributed by atoms with Crippen LogP contribution in [0.3, 0.4) is 0 Å². The second-order valence-electron chi connectivity index (χ2n) is 3.36. The molecule has 0 amide bonds. The van der Waals surface area contributed by atoms with Crippen LogP contribution in [0.5, 0.6) is 0 Å². The van der Waals surface area contributed by atoms with Gasteiger partial charge in [0.05, 0.1) is 6.54 Å². The van der Waals surface area contributed by atoms with Crippen molar-refractivity contribution in [2.45, 2.75) is 6.54 Å². The highest BCUT2D eigenvalue weighted by Crippen LogP contribution is 2.10. The van der Waals surface area contributed by atoms with E-state index in [9.17, 15) is 9.59 Å². The van der Waals surface area contributed by atoms with Gasteiger partial charge in [0.2, 0.25) is 0 Å². The van der Waals surface area contributed by atoms with Gasteiger partial charge < -0.3 is 0 Å². The maximum atomic E-state index is 11.4. The summed E-state index contributed by atoms with van der Waals surface area (Å²) < 4.78 is 1.24. The number of halogens is 1. The largest absolute Gasteiger partial charge is 0.268 e. The zero-order valence-corrected chi connectivity index (χ0v) is 9.07. The average molecular weight is 237 g/mol. The molecular weight excluding hydrogens is 228 g/mol. The first-order valence-electron chi connectivity index (χ1n) is 4.70. The van der Waals surface area contributed by atoms with Crippen molar-refractivity contribution >= 4 is 11.6 Å². The molecule has 1 heterocycles. The van der Waals surface area contributed by atoms with Crippen LogP contribution < -0.4 is 11.1 Å². The van der Waals surface area contributed by atoms with Crippen LogP contribution in [-0.2, 0) is 6.54 Å². The highest BCUT2D eigenvalue weighted by Gasteiger charge is 1.99. The van der Waals surface area contributed by atoms with Crippen molar-refractivity contribution in [1.82, 2.24) is 9.78 Å². The highest BCUT2D eigenvalue weighted by atomic mass is 35.5. The molecule has 0 atom stereocenters. The van der Waals surface area contributed by atoms with Gasteiger partial charge in [0.25, 0.3) is 11.1 Å². The fraction of sp³-hybridized carbons (Fsp3) is 0.0909. The molecule has 0 bridgehead atoms. The van der Waals surface area contributed by atoms with E-state index in [1.54, 1.807) is 18.2 Å². The molecule has 2 aromatic rings. The summed E-state index contributed by atoms with van der Waals surface area (Å²) in [5, 5.41) is 3.05. The van der Waals surface area contributed by atoms with E-state index < -0.39 is 0 Å². The van der Waals surface area contributed by atoms with E-state index in [4.69, 9.17) is 11.6 Å². The summed E-state index contributed by atoms with van der Waals surface area (Å²) in [6.07, 6.45) is 0. The van der Waals surface area contributed by atoms with E-state index in [-0.39, 0.29) is 11.1 Å². The van der Waals surface area contributed by atoms with E-state index in [0.29, 0.717) is 11.6 Å². The van der Waals surface area contributed by atoms with Gasteiger partial charge in [0.15, 0.2) is 0 Å². The molecule has 5 heteroatoms. The lowest BCUT2D eigenvalue weighted by Crippen LogP contribution is -2.28. The van der Waals surface area contributed by atoms with Crippen LogP contribution in [0, 0.1) is 0 Å². The van der Waals surface area contributed by atoms with Crippen molar-refractivity contribution in [3.63, 3.8) is 0 Å². The topological polar surface area (TPSA) is 54.9 Å². The molecule has 1 aromatic carbocycles. The summed E-state index contributed by atoms with van der Waals surface area (Å²) in [5.74, 6) is 0. The van der Waals surface area contributed by atoms with E-state index >= 15 is 0 Å². The molecule has 0 radical (unpaired) electrons. The van der Waals surface area contributed by atoms with E-state index in [1.807, 2.05) is 6.07 Å². The van der Waals surface area contributed by atoms with Crippen LogP contribution in [0.15, 0.2) is 46.0 Å². The Kier molecular flexibility index (Phi) is 2.92.